The first-order chi connectivity index (χ1) is 10.2. The van der Waals surface area contributed by atoms with Gasteiger partial charge in [-0.2, -0.15) is 0 Å². The highest BCUT2D eigenvalue weighted by atomic mass is 16.1. The zero-order chi connectivity index (χ0) is 14.7. The van der Waals surface area contributed by atoms with Crippen molar-refractivity contribution in [3.8, 4) is 0 Å². The monoisotopic (exact) mass is 287 g/mol. The molecule has 114 valence electrons. The molecule has 3 rings (SSSR count). The van der Waals surface area contributed by atoms with Gasteiger partial charge in [-0.05, 0) is 63.4 Å². The fourth-order valence-corrected chi connectivity index (χ4v) is 3.37. The Labute approximate surface area is 126 Å². The van der Waals surface area contributed by atoms with Gasteiger partial charge in [-0.15, -0.1) is 0 Å². The number of rotatable bonds is 3. The van der Waals surface area contributed by atoms with Crippen molar-refractivity contribution in [2.75, 3.05) is 29.9 Å². The number of hydrogen-bond acceptors (Lipinski definition) is 3. The fraction of sp³-hybridized carbons (Fsp3) is 0.588. The lowest BCUT2D eigenvalue weighted by molar-refractivity contribution is -0.121. The van der Waals surface area contributed by atoms with Crippen molar-refractivity contribution in [1.82, 2.24) is 5.32 Å². The number of hydrogen-bond donors (Lipinski definition) is 2. The second kappa shape index (κ2) is 6.48. The molecule has 0 aromatic heterocycles. The third kappa shape index (κ3) is 3.38. The van der Waals surface area contributed by atoms with Crippen molar-refractivity contribution in [3.05, 3.63) is 24.3 Å². The van der Waals surface area contributed by atoms with Gasteiger partial charge in [-0.1, -0.05) is 0 Å². The van der Waals surface area contributed by atoms with Crippen molar-refractivity contribution in [1.29, 1.82) is 0 Å². The molecule has 0 saturated carbocycles. The van der Waals surface area contributed by atoms with Gasteiger partial charge in [0.1, 0.15) is 0 Å². The summed E-state index contributed by atoms with van der Waals surface area (Å²) in [6, 6.07) is 8.54. The molecule has 1 aromatic carbocycles. The van der Waals surface area contributed by atoms with Crippen LogP contribution in [0.25, 0.3) is 0 Å². The Bertz CT molecular complexity index is 479. The zero-order valence-electron chi connectivity index (χ0n) is 12.8. The Morgan fingerprint density at radius 3 is 2.57 bits per heavy atom. The second-order valence-corrected chi connectivity index (χ2v) is 6.22. The zero-order valence-corrected chi connectivity index (χ0v) is 12.8. The minimum atomic E-state index is 0.0806. The van der Waals surface area contributed by atoms with Gasteiger partial charge in [0.25, 0.3) is 0 Å². The molecule has 2 N–H and O–H groups in total. The summed E-state index contributed by atoms with van der Waals surface area (Å²) in [5.74, 6) is 0.223. The van der Waals surface area contributed by atoms with E-state index in [0.29, 0.717) is 0 Å². The second-order valence-electron chi connectivity index (χ2n) is 6.22. The van der Waals surface area contributed by atoms with E-state index in [1.807, 2.05) is 12.1 Å². The number of amides is 1. The fourth-order valence-electron chi connectivity index (χ4n) is 3.37. The Morgan fingerprint density at radius 1 is 1.19 bits per heavy atom. The van der Waals surface area contributed by atoms with Gasteiger partial charge >= 0.3 is 0 Å². The van der Waals surface area contributed by atoms with Gasteiger partial charge in [-0.3, -0.25) is 4.79 Å². The molecule has 2 aliphatic rings. The molecule has 0 radical (unpaired) electrons. The maximum atomic E-state index is 12.4. The van der Waals surface area contributed by atoms with Crippen LogP contribution in [0.2, 0.25) is 0 Å². The quantitative estimate of drug-likeness (QED) is 0.898. The Kier molecular flexibility index (Phi) is 4.44. The van der Waals surface area contributed by atoms with E-state index in [4.69, 9.17) is 0 Å². The van der Waals surface area contributed by atoms with Gasteiger partial charge in [0.15, 0.2) is 0 Å². The van der Waals surface area contributed by atoms with Crippen molar-refractivity contribution in [2.45, 2.75) is 38.6 Å². The van der Waals surface area contributed by atoms with E-state index in [-0.39, 0.29) is 17.9 Å². The molecule has 2 saturated heterocycles. The van der Waals surface area contributed by atoms with E-state index in [1.54, 1.807) is 0 Å². The lowest BCUT2D eigenvalue weighted by Crippen LogP contribution is -2.44. The van der Waals surface area contributed by atoms with Crippen molar-refractivity contribution in [3.63, 3.8) is 0 Å². The van der Waals surface area contributed by atoms with Crippen LogP contribution in [0, 0.1) is 5.92 Å². The third-order valence-electron chi connectivity index (χ3n) is 4.70. The van der Waals surface area contributed by atoms with E-state index in [1.165, 1.54) is 18.5 Å². The number of nitrogens with zero attached hydrogens (tertiary/aromatic N) is 1. The number of piperidine rings is 1. The standard InChI is InChI=1S/C17H25N3O/c1-13-16(5-4-10-18-13)17(21)19-14-6-8-15(9-7-14)20-11-2-3-12-20/h6-9,13,16,18H,2-5,10-12H2,1H3,(H,19,21). The van der Waals surface area contributed by atoms with Crippen LogP contribution in [0.4, 0.5) is 11.4 Å². The van der Waals surface area contributed by atoms with Crippen LogP contribution in [-0.4, -0.2) is 31.6 Å². The minimum Gasteiger partial charge on any atom is -0.372 e. The molecular weight excluding hydrogens is 262 g/mol. The average Bonchev–Trinajstić information content (AvgIpc) is 3.02. The number of carbonyl (C=O) groups excluding carboxylic acids is 1. The SMILES string of the molecule is CC1NCCCC1C(=O)Nc1ccc(N2CCCC2)cc1. The molecule has 2 heterocycles. The first kappa shape index (κ1) is 14.4. The van der Waals surface area contributed by atoms with Crippen LogP contribution >= 0.6 is 0 Å². The van der Waals surface area contributed by atoms with Crippen molar-refractivity contribution in [2.24, 2.45) is 5.92 Å². The molecular formula is C17H25N3O. The third-order valence-corrected chi connectivity index (χ3v) is 4.70. The Balaban J connectivity index is 1.60. The van der Waals surface area contributed by atoms with Crippen LogP contribution < -0.4 is 15.5 Å². The molecule has 2 unspecified atom stereocenters. The molecule has 0 spiro atoms. The van der Waals surface area contributed by atoms with Crippen LogP contribution in [0.1, 0.15) is 32.6 Å². The molecule has 2 atom stereocenters. The normalized spacial score (nSPS) is 25.9. The minimum absolute atomic E-state index is 0.0806. The van der Waals surface area contributed by atoms with E-state index in [2.05, 4.69) is 34.6 Å². The molecule has 0 aliphatic carbocycles. The highest BCUT2D eigenvalue weighted by molar-refractivity contribution is 5.93. The van der Waals surface area contributed by atoms with E-state index in [0.717, 1.165) is 38.2 Å². The molecule has 1 amide bonds. The van der Waals surface area contributed by atoms with E-state index in [9.17, 15) is 4.79 Å². The Morgan fingerprint density at radius 2 is 1.90 bits per heavy atom. The largest absolute Gasteiger partial charge is 0.372 e. The summed E-state index contributed by atoms with van der Waals surface area (Å²) < 4.78 is 0. The number of benzene rings is 1. The lowest BCUT2D eigenvalue weighted by Gasteiger charge is -2.29. The maximum absolute atomic E-state index is 12.4. The van der Waals surface area contributed by atoms with Crippen LogP contribution in [0.15, 0.2) is 24.3 Å². The topological polar surface area (TPSA) is 44.4 Å². The van der Waals surface area contributed by atoms with Gasteiger partial charge < -0.3 is 15.5 Å². The smallest absolute Gasteiger partial charge is 0.229 e. The predicted molar refractivity (Wildman–Crippen MR) is 86.7 cm³/mol. The van der Waals surface area contributed by atoms with Gasteiger partial charge in [0.05, 0.1) is 5.92 Å². The number of carbonyl (C=O) groups is 1. The van der Waals surface area contributed by atoms with Crippen LogP contribution in [-0.2, 0) is 4.79 Å². The lowest BCUT2D eigenvalue weighted by atomic mass is 9.91. The molecule has 2 aliphatic heterocycles. The van der Waals surface area contributed by atoms with E-state index >= 15 is 0 Å². The Hall–Kier alpha value is -1.55. The summed E-state index contributed by atoms with van der Waals surface area (Å²) in [5.41, 5.74) is 2.17. The van der Waals surface area contributed by atoms with Crippen molar-refractivity contribution < 1.29 is 4.79 Å². The molecule has 21 heavy (non-hydrogen) atoms. The first-order valence-electron chi connectivity index (χ1n) is 8.13. The predicted octanol–water partition coefficient (Wildman–Crippen LogP) is 2.61. The highest BCUT2D eigenvalue weighted by Crippen LogP contribution is 2.23. The highest BCUT2D eigenvalue weighted by Gasteiger charge is 2.27. The summed E-state index contributed by atoms with van der Waals surface area (Å²) in [6.45, 7) is 5.42. The van der Waals surface area contributed by atoms with Gasteiger partial charge in [-0.25, -0.2) is 0 Å². The first-order valence-corrected chi connectivity index (χ1v) is 8.13. The average molecular weight is 287 g/mol. The number of anilines is 2. The summed E-state index contributed by atoms with van der Waals surface area (Å²) in [4.78, 5) is 14.8. The molecule has 2 fully saturated rings. The summed E-state index contributed by atoms with van der Waals surface area (Å²) in [5, 5.41) is 6.44. The maximum Gasteiger partial charge on any atom is 0.229 e. The van der Waals surface area contributed by atoms with Crippen molar-refractivity contribution >= 4 is 17.3 Å². The number of nitrogens with one attached hydrogen (secondary N) is 2. The molecule has 4 heteroatoms. The summed E-state index contributed by atoms with van der Waals surface area (Å²) in [6.07, 6.45) is 4.62. The summed E-state index contributed by atoms with van der Waals surface area (Å²) >= 11 is 0. The van der Waals surface area contributed by atoms with E-state index < -0.39 is 0 Å². The molecule has 1 aromatic rings. The molecule has 4 nitrogen and oxygen atoms in total. The van der Waals surface area contributed by atoms with Crippen LogP contribution in [0.5, 0.6) is 0 Å². The van der Waals surface area contributed by atoms with Crippen LogP contribution in [0.3, 0.4) is 0 Å². The summed E-state index contributed by atoms with van der Waals surface area (Å²) in [7, 11) is 0. The molecule has 0 bridgehead atoms. The van der Waals surface area contributed by atoms with Gasteiger partial charge in [0, 0.05) is 30.5 Å². The van der Waals surface area contributed by atoms with Gasteiger partial charge in [0.2, 0.25) is 5.91 Å².